The highest BCUT2D eigenvalue weighted by Gasteiger charge is 2.41. The van der Waals surface area contributed by atoms with Crippen molar-refractivity contribution in [3.63, 3.8) is 0 Å². The number of hydrogen-bond donors (Lipinski definition) is 1. The van der Waals surface area contributed by atoms with Gasteiger partial charge in [-0.2, -0.15) is 0 Å². The van der Waals surface area contributed by atoms with Crippen LogP contribution in [0.25, 0.3) is 0 Å². The highest BCUT2D eigenvalue weighted by molar-refractivity contribution is 5.43. The van der Waals surface area contributed by atoms with Crippen LogP contribution in [0.4, 0.5) is 5.69 Å². The van der Waals surface area contributed by atoms with Gasteiger partial charge in [0.15, 0.2) is 0 Å². The summed E-state index contributed by atoms with van der Waals surface area (Å²) in [4.78, 5) is 0. The van der Waals surface area contributed by atoms with Crippen molar-refractivity contribution in [2.75, 3.05) is 5.73 Å². The van der Waals surface area contributed by atoms with Crippen molar-refractivity contribution < 1.29 is 4.74 Å². The molecule has 0 spiro atoms. The van der Waals surface area contributed by atoms with Crippen molar-refractivity contribution in [1.82, 2.24) is 0 Å². The summed E-state index contributed by atoms with van der Waals surface area (Å²) in [5.41, 5.74) is 8.31. The van der Waals surface area contributed by atoms with E-state index in [0.717, 1.165) is 60.3 Å². The molecule has 5 rings (SSSR count). The smallest absolute Gasteiger partial charge is 0.115 e. The second-order valence-electron chi connectivity index (χ2n) is 10.5. The highest BCUT2D eigenvalue weighted by Crippen LogP contribution is 2.52. The lowest BCUT2D eigenvalue weighted by Crippen LogP contribution is -2.15. The minimum atomic E-state index is 0.392. The monoisotopic (exact) mass is 417 g/mol. The first-order chi connectivity index (χ1) is 15.3. The van der Waals surface area contributed by atoms with Crippen LogP contribution in [-0.4, -0.2) is 6.10 Å². The fraction of sp³-hybridized carbons (Fsp3) is 0.586. The molecule has 31 heavy (non-hydrogen) atoms. The Labute approximate surface area is 188 Å². The van der Waals surface area contributed by atoms with Crippen LogP contribution in [0.1, 0.15) is 82.1 Å². The number of anilines is 1. The topological polar surface area (TPSA) is 35.2 Å². The number of nitrogen functional groups attached to an aromatic ring is 1. The summed E-state index contributed by atoms with van der Waals surface area (Å²) in [6, 6.07) is 8.53. The van der Waals surface area contributed by atoms with Crippen LogP contribution in [0.2, 0.25) is 0 Å². The van der Waals surface area contributed by atoms with Gasteiger partial charge in [-0.25, -0.2) is 0 Å². The molecule has 4 unspecified atom stereocenters. The van der Waals surface area contributed by atoms with E-state index in [9.17, 15) is 0 Å². The molecule has 4 aliphatic carbocycles. The largest absolute Gasteiger partial charge is 0.490 e. The number of allylic oxidation sites excluding steroid dienone is 4. The van der Waals surface area contributed by atoms with E-state index in [0.29, 0.717) is 6.10 Å². The first kappa shape index (κ1) is 20.9. The first-order valence-corrected chi connectivity index (χ1v) is 12.8. The van der Waals surface area contributed by atoms with E-state index in [4.69, 9.17) is 10.5 Å². The van der Waals surface area contributed by atoms with Crippen LogP contribution in [0.5, 0.6) is 0 Å². The van der Waals surface area contributed by atoms with Gasteiger partial charge in [0, 0.05) is 12.1 Å². The minimum Gasteiger partial charge on any atom is -0.490 e. The van der Waals surface area contributed by atoms with Gasteiger partial charge in [-0.1, -0.05) is 56.0 Å². The molecule has 0 radical (unpaired) electrons. The summed E-state index contributed by atoms with van der Waals surface area (Å²) in [6.07, 6.45) is 26.5. The molecule has 2 nitrogen and oxygen atoms in total. The molecule has 6 atom stereocenters. The molecule has 4 aliphatic rings. The molecule has 0 heterocycles. The predicted octanol–water partition coefficient (Wildman–Crippen LogP) is 7.54. The summed E-state index contributed by atoms with van der Waals surface area (Å²) in [5, 5.41) is 0. The first-order valence-electron chi connectivity index (χ1n) is 12.8. The van der Waals surface area contributed by atoms with E-state index >= 15 is 0 Å². The van der Waals surface area contributed by atoms with E-state index in [2.05, 4.69) is 48.6 Å². The molecule has 166 valence electrons. The molecular weight excluding hydrogens is 378 g/mol. The van der Waals surface area contributed by atoms with Gasteiger partial charge in [0.25, 0.3) is 0 Å². The Morgan fingerprint density at radius 1 is 0.968 bits per heavy atom. The maximum Gasteiger partial charge on any atom is 0.115 e. The van der Waals surface area contributed by atoms with Crippen LogP contribution in [0, 0.1) is 23.7 Å². The summed E-state index contributed by atoms with van der Waals surface area (Å²) in [5.74, 6) is 5.49. The molecule has 0 aliphatic heterocycles. The van der Waals surface area contributed by atoms with E-state index in [1.807, 2.05) is 6.07 Å². The third kappa shape index (κ3) is 5.64. The van der Waals surface area contributed by atoms with Gasteiger partial charge in [0.2, 0.25) is 0 Å². The van der Waals surface area contributed by atoms with Crippen LogP contribution >= 0.6 is 0 Å². The molecule has 2 N–H and O–H groups in total. The summed E-state index contributed by atoms with van der Waals surface area (Å²) in [7, 11) is 0. The average Bonchev–Trinajstić information content (AvgIpc) is 3.71. The lowest BCUT2D eigenvalue weighted by molar-refractivity contribution is 0.114. The van der Waals surface area contributed by atoms with E-state index < -0.39 is 0 Å². The van der Waals surface area contributed by atoms with E-state index in [1.165, 1.54) is 56.9 Å². The number of hydrogen-bond acceptors (Lipinski definition) is 2. The molecular formula is C29H39NO. The van der Waals surface area contributed by atoms with E-state index in [1.54, 1.807) is 0 Å². The second-order valence-corrected chi connectivity index (χ2v) is 10.5. The van der Waals surface area contributed by atoms with Crippen molar-refractivity contribution in [3.8, 4) is 0 Å². The minimum absolute atomic E-state index is 0.392. The lowest BCUT2D eigenvalue weighted by Gasteiger charge is -2.23. The fourth-order valence-electron chi connectivity index (χ4n) is 5.97. The molecule has 2 fully saturated rings. The number of nitrogens with two attached hydrogens (primary N) is 1. The summed E-state index contributed by atoms with van der Waals surface area (Å²) < 4.78 is 6.18. The standard InChI is InChI=1S/C29H39NO/c30-25-11-7-10-22(18-25)29-20-24(29)9-4-1-3-8-23-19-28(23)21-14-16-27(17-15-21)31-26-12-5-2-6-13-26/h2,5,7,10-11,14,16-18,21,23-24,26,28-29H,1,3-4,6,8-9,12-13,15,19-20,30H2/t21?,23-,24?,26?,28?,29+/m1/s1. The molecule has 1 aromatic carbocycles. The van der Waals surface area contributed by atoms with Crippen LogP contribution in [-0.2, 0) is 4.74 Å². The Morgan fingerprint density at radius 3 is 2.65 bits per heavy atom. The third-order valence-electron chi connectivity index (χ3n) is 8.06. The molecule has 2 heteroatoms. The lowest BCUT2D eigenvalue weighted by atomic mass is 9.92. The second kappa shape index (κ2) is 9.67. The molecule has 0 saturated heterocycles. The van der Waals surface area contributed by atoms with Crippen molar-refractivity contribution in [2.24, 2.45) is 23.7 Å². The van der Waals surface area contributed by atoms with Gasteiger partial charge in [-0.05, 0) is 98.0 Å². The van der Waals surface area contributed by atoms with Crippen molar-refractivity contribution in [2.45, 2.75) is 82.7 Å². The quantitative estimate of drug-likeness (QED) is 0.242. The Morgan fingerprint density at radius 2 is 1.87 bits per heavy atom. The fourth-order valence-corrected chi connectivity index (χ4v) is 5.97. The molecule has 0 amide bonds. The number of ether oxygens (including phenoxy) is 1. The van der Waals surface area contributed by atoms with Crippen molar-refractivity contribution in [1.29, 1.82) is 0 Å². The van der Waals surface area contributed by atoms with Crippen LogP contribution in [0.15, 0.2) is 60.4 Å². The SMILES string of the molecule is Nc1cccc([C@@H]2CC2CCCCC[C@@H]2CC2C2C=CC(OC3CC=CCC3)=CC2)c1. The zero-order valence-corrected chi connectivity index (χ0v) is 18.9. The molecule has 0 bridgehead atoms. The predicted molar refractivity (Wildman–Crippen MR) is 130 cm³/mol. The maximum atomic E-state index is 6.18. The molecule has 0 aromatic heterocycles. The average molecular weight is 418 g/mol. The maximum absolute atomic E-state index is 6.18. The van der Waals surface area contributed by atoms with E-state index in [-0.39, 0.29) is 0 Å². The number of unbranched alkanes of at least 4 members (excludes halogenated alkanes) is 2. The molecule has 2 saturated carbocycles. The van der Waals surface area contributed by atoms with Gasteiger partial charge in [0.05, 0.1) is 0 Å². The zero-order chi connectivity index (χ0) is 21.0. The normalized spacial score (nSPS) is 33.7. The van der Waals surface area contributed by atoms with Crippen molar-refractivity contribution in [3.05, 3.63) is 66.0 Å². The number of rotatable bonds is 10. The number of benzene rings is 1. The Balaban J connectivity index is 0.933. The summed E-state index contributed by atoms with van der Waals surface area (Å²) in [6.45, 7) is 0. The Kier molecular flexibility index (Phi) is 6.53. The van der Waals surface area contributed by atoms with Gasteiger partial charge in [-0.15, -0.1) is 0 Å². The van der Waals surface area contributed by atoms with Crippen LogP contribution in [0.3, 0.4) is 0 Å². The van der Waals surface area contributed by atoms with Gasteiger partial charge in [0.1, 0.15) is 11.9 Å². The van der Waals surface area contributed by atoms with Crippen LogP contribution < -0.4 is 5.73 Å². The van der Waals surface area contributed by atoms with Crippen molar-refractivity contribution >= 4 is 5.69 Å². The summed E-state index contributed by atoms with van der Waals surface area (Å²) >= 11 is 0. The third-order valence-corrected chi connectivity index (χ3v) is 8.06. The van der Waals surface area contributed by atoms with Gasteiger partial charge < -0.3 is 10.5 Å². The molecule has 1 aromatic rings. The Hall–Kier alpha value is -1.96. The van der Waals surface area contributed by atoms with Gasteiger partial charge in [-0.3, -0.25) is 0 Å². The zero-order valence-electron chi connectivity index (χ0n) is 18.9. The Bertz CT molecular complexity index is 837. The highest BCUT2D eigenvalue weighted by atomic mass is 16.5. The van der Waals surface area contributed by atoms with Gasteiger partial charge >= 0.3 is 0 Å².